The molecule has 0 spiro atoms. The van der Waals surface area contributed by atoms with Crippen molar-refractivity contribution in [2.75, 3.05) is 5.73 Å². The normalized spacial score (nSPS) is 12.2. The van der Waals surface area contributed by atoms with Gasteiger partial charge in [-0.05, 0) is 6.07 Å². The monoisotopic (exact) mass is 219 g/mol. The number of aromatic nitrogens is 2. The van der Waals surface area contributed by atoms with Gasteiger partial charge < -0.3 is 10.2 Å². The molecular weight excluding hydrogens is 202 g/mol. The van der Waals surface area contributed by atoms with E-state index in [9.17, 15) is 0 Å². The smallest absolute Gasteiger partial charge is 0.247 e. The van der Waals surface area contributed by atoms with E-state index in [0.29, 0.717) is 17.3 Å². The lowest BCUT2D eigenvalue weighted by atomic mass is 9.90. The van der Waals surface area contributed by atoms with Crippen molar-refractivity contribution in [3.8, 4) is 0 Å². The first-order chi connectivity index (χ1) is 7.41. The van der Waals surface area contributed by atoms with E-state index in [4.69, 9.17) is 10.2 Å². The molecule has 86 valence electrons. The van der Waals surface area contributed by atoms with Crippen molar-refractivity contribution in [2.24, 2.45) is 0 Å². The second-order valence-electron chi connectivity index (χ2n) is 4.96. The molecular formula is C12H17N3O. The Kier molecular flexibility index (Phi) is 2.37. The summed E-state index contributed by atoms with van der Waals surface area (Å²) in [6, 6.07) is 1.84. The molecule has 0 unspecified atom stereocenters. The second kappa shape index (κ2) is 3.47. The summed E-state index contributed by atoms with van der Waals surface area (Å²) < 4.78 is 5.53. The van der Waals surface area contributed by atoms with Crippen LogP contribution in [0.4, 0.5) is 5.69 Å². The van der Waals surface area contributed by atoms with Crippen molar-refractivity contribution in [1.82, 2.24) is 9.97 Å². The number of hydrogen-bond acceptors (Lipinski definition) is 4. The van der Waals surface area contributed by atoms with Gasteiger partial charge in [0.25, 0.3) is 0 Å². The predicted octanol–water partition coefficient (Wildman–Crippen LogP) is 2.66. The van der Waals surface area contributed by atoms with Crippen molar-refractivity contribution >= 4 is 16.9 Å². The van der Waals surface area contributed by atoms with Crippen molar-refractivity contribution in [3.05, 3.63) is 17.7 Å². The first kappa shape index (κ1) is 10.9. The van der Waals surface area contributed by atoms with E-state index in [1.54, 1.807) is 0 Å². The van der Waals surface area contributed by atoms with Gasteiger partial charge in [0.15, 0.2) is 5.89 Å². The fraction of sp³-hybridized carbons (Fsp3) is 0.500. The largest absolute Gasteiger partial charge is 0.422 e. The zero-order chi connectivity index (χ0) is 11.9. The van der Waals surface area contributed by atoms with E-state index in [1.165, 1.54) is 0 Å². The fourth-order valence-electron chi connectivity index (χ4n) is 1.68. The minimum absolute atomic E-state index is 0.0859. The average Bonchev–Trinajstić information content (AvgIpc) is 2.56. The highest BCUT2D eigenvalue weighted by Gasteiger charge is 2.21. The average molecular weight is 219 g/mol. The second-order valence-corrected chi connectivity index (χ2v) is 4.96. The molecule has 4 nitrogen and oxygen atoms in total. The van der Waals surface area contributed by atoms with Crippen LogP contribution >= 0.6 is 0 Å². The Labute approximate surface area is 94.9 Å². The molecule has 0 amide bonds. The number of nitrogen functional groups attached to an aromatic ring is 1. The van der Waals surface area contributed by atoms with E-state index in [0.717, 1.165) is 17.6 Å². The van der Waals surface area contributed by atoms with E-state index in [-0.39, 0.29) is 5.41 Å². The Morgan fingerprint density at radius 2 is 2.00 bits per heavy atom. The predicted molar refractivity (Wildman–Crippen MR) is 64.3 cm³/mol. The van der Waals surface area contributed by atoms with Crippen molar-refractivity contribution in [3.63, 3.8) is 0 Å². The Morgan fingerprint density at radius 1 is 1.31 bits per heavy atom. The summed E-state index contributed by atoms with van der Waals surface area (Å²) in [5.41, 5.74) is 8.75. The highest BCUT2D eigenvalue weighted by atomic mass is 16.4. The van der Waals surface area contributed by atoms with E-state index in [1.807, 2.05) is 13.0 Å². The highest BCUT2D eigenvalue weighted by molar-refractivity contribution is 5.74. The zero-order valence-corrected chi connectivity index (χ0v) is 10.2. The van der Waals surface area contributed by atoms with Gasteiger partial charge in [-0.25, -0.2) is 9.97 Å². The summed E-state index contributed by atoms with van der Waals surface area (Å²) in [6.07, 6.45) is 0.765. The quantitative estimate of drug-likeness (QED) is 0.800. The maximum Gasteiger partial charge on any atom is 0.247 e. The summed E-state index contributed by atoms with van der Waals surface area (Å²) in [5.74, 6) is 0.702. The van der Waals surface area contributed by atoms with Crippen LogP contribution in [-0.2, 0) is 11.8 Å². The standard InChI is InChI=1S/C12H17N3O/c1-5-9-14-8-6-7(13)10(12(2,3)4)15-11(8)16-9/h6H,5,13H2,1-4H3. The molecule has 4 heteroatoms. The molecule has 0 saturated carbocycles. The molecule has 2 aromatic rings. The molecule has 2 rings (SSSR count). The molecule has 0 bridgehead atoms. The highest BCUT2D eigenvalue weighted by Crippen LogP contribution is 2.28. The maximum atomic E-state index is 5.98. The van der Waals surface area contributed by atoms with Crippen LogP contribution in [-0.4, -0.2) is 9.97 Å². The number of nitrogens with two attached hydrogens (primary N) is 1. The number of anilines is 1. The molecule has 2 N–H and O–H groups in total. The lowest BCUT2D eigenvalue weighted by molar-refractivity contribution is 0.519. The maximum absolute atomic E-state index is 5.98. The van der Waals surface area contributed by atoms with Crippen LogP contribution in [0.1, 0.15) is 39.3 Å². The lowest BCUT2D eigenvalue weighted by Gasteiger charge is -2.18. The van der Waals surface area contributed by atoms with Crippen molar-refractivity contribution in [1.29, 1.82) is 0 Å². The van der Waals surface area contributed by atoms with Gasteiger partial charge >= 0.3 is 0 Å². The Bertz CT molecular complexity index is 523. The number of nitrogens with zero attached hydrogens (tertiary/aromatic N) is 2. The zero-order valence-electron chi connectivity index (χ0n) is 10.2. The first-order valence-corrected chi connectivity index (χ1v) is 5.48. The Morgan fingerprint density at radius 3 is 2.56 bits per heavy atom. The van der Waals surface area contributed by atoms with Gasteiger partial charge in [0, 0.05) is 11.8 Å². The van der Waals surface area contributed by atoms with E-state index in [2.05, 4.69) is 30.7 Å². The molecule has 0 aliphatic heterocycles. The summed E-state index contributed by atoms with van der Waals surface area (Å²) in [6.45, 7) is 8.23. The topological polar surface area (TPSA) is 64.9 Å². The number of fused-ring (bicyclic) bond motifs is 1. The van der Waals surface area contributed by atoms with Gasteiger partial charge in [0.2, 0.25) is 5.71 Å². The number of pyridine rings is 1. The molecule has 0 saturated heterocycles. The minimum Gasteiger partial charge on any atom is -0.422 e. The Hall–Kier alpha value is -1.58. The molecule has 16 heavy (non-hydrogen) atoms. The van der Waals surface area contributed by atoms with Crippen molar-refractivity contribution < 1.29 is 4.42 Å². The molecule has 0 fully saturated rings. The van der Waals surface area contributed by atoms with Crippen LogP contribution in [0.2, 0.25) is 0 Å². The Balaban J connectivity index is 2.66. The van der Waals surface area contributed by atoms with E-state index >= 15 is 0 Å². The van der Waals surface area contributed by atoms with Crippen LogP contribution in [0.3, 0.4) is 0 Å². The molecule has 0 aromatic carbocycles. The van der Waals surface area contributed by atoms with E-state index < -0.39 is 0 Å². The third kappa shape index (κ3) is 1.75. The number of hydrogen-bond donors (Lipinski definition) is 1. The van der Waals surface area contributed by atoms with Crippen LogP contribution in [0.25, 0.3) is 11.2 Å². The van der Waals surface area contributed by atoms with Gasteiger partial charge in [-0.15, -0.1) is 0 Å². The van der Waals surface area contributed by atoms with Gasteiger partial charge in [0.1, 0.15) is 5.52 Å². The molecule has 0 aliphatic carbocycles. The summed E-state index contributed by atoms with van der Waals surface area (Å²) in [5, 5.41) is 0. The summed E-state index contributed by atoms with van der Waals surface area (Å²) in [7, 11) is 0. The van der Waals surface area contributed by atoms with Crippen LogP contribution in [0, 0.1) is 0 Å². The van der Waals surface area contributed by atoms with Gasteiger partial charge in [-0.2, -0.15) is 0 Å². The van der Waals surface area contributed by atoms with Crippen LogP contribution < -0.4 is 5.73 Å². The van der Waals surface area contributed by atoms with Crippen LogP contribution in [0.15, 0.2) is 10.5 Å². The van der Waals surface area contributed by atoms with Gasteiger partial charge in [-0.1, -0.05) is 27.7 Å². The van der Waals surface area contributed by atoms with Gasteiger partial charge in [0.05, 0.1) is 11.4 Å². The fourth-order valence-corrected chi connectivity index (χ4v) is 1.68. The number of rotatable bonds is 1. The molecule has 0 aliphatic rings. The third-order valence-electron chi connectivity index (χ3n) is 2.47. The third-order valence-corrected chi connectivity index (χ3v) is 2.47. The number of oxazole rings is 1. The molecule has 0 atom stereocenters. The van der Waals surface area contributed by atoms with Crippen LogP contribution in [0.5, 0.6) is 0 Å². The lowest BCUT2D eigenvalue weighted by Crippen LogP contribution is -2.16. The minimum atomic E-state index is -0.0859. The summed E-state index contributed by atoms with van der Waals surface area (Å²) in [4.78, 5) is 8.77. The first-order valence-electron chi connectivity index (χ1n) is 5.48. The summed E-state index contributed by atoms with van der Waals surface area (Å²) >= 11 is 0. The van der Waals surface area contributed by atoms with Gasteiger partial charge in [-0.3, -0.25) is 0 Å². The van der Waals surface area contributed by atoms with Crippen molar-refractivity contribution in [2.45, 2.75) is 39.5 Å². The molecule has 0 radical (unpaired) electrons. The molecule has 2 heterocycles. The molecule has 2 aromatic heterocycles. The SMILES string of the molecule is CCc1nc2cc(N)c(C(C)(C)C)nc2o1. The number of aryl methyl sites for hydroxylation is 1.